The number of H-pyrrole nitrogens is 2. The van der Waals surface area contributed by atoms with E-state index < -0.39 is 10.0 Å². The number of fused-ring (bicyclic) bond motifs is 2. The summed E-state index contributed by atoms with van der Waals surface area (Å²) in [6, 6.07) is 9.45. The van der Waals surface area contributed by atoms with Gasteiger partial charge in [0.1, 0.15) is 5.69 Å². The Bertz CT molecular complexity index is 1480. The molecule has 0 unspecified atom stereocenters. The van der Waals surface area contributed by atoms with Gasteiger partial charge in [0.05, 0.1) is 28.5 Å². The lowest BCUT2D eigenvalue weighted by Gasteiger charge is -2.07. The number of pyridine rings is 1. The molecule has 0 atom stereocenters. The molecule has 0 saturated carbocycles. The van der Waals surface area contributed by atoms with Crippen LogP contribution in [0.3, 0.4) is 0 Å². The standard InChI is InChI=1S/C20H18N6O2S/c1-3-29(27,28)26-7-6-13-4-5-14(9-18(13)26)15-10-21-11-17-19(15)23-20(22-17)16-8-12(2)24-25-16/h4-11H,3H2,1-2H3,(H,22,23)(H,24,25). The first-order chi connectivity index (χ1) is 14.0. The first-order valence-corrected chi connectivity index (χ1v) is 10.8. The lowest BCUT2D eigenvalue weighted by molar-refractivity contribution is 0.590. The molecule has 4 heterocycles. The lowest BCUT2D eigenvalue weighted by Crippen LogP contribution is -2.13. The molecule has 0 radical (unpaired) electrons. The van der Waals surface area contributed by atoms with Crippen LogP contribution in [0.2, 0.25) is 0 Å². The highest BCUT2D eigenvalue weighted by Gasteiger charge is 2.16. The molecule has 9 heteroatoms. The van der Waals surface area contributed by atoms with Gasteiger partial charge in [0.2, 0.25) is 10.0 Å². The molecule has 0 bridgehead atoms. The predicted molar refractivity (Wildman–Crippen MR) is 112 cm³/mol. The van der Waals surface area contributed by atoms with Crippen LogP contribution < -0.4 is 0 Å². The zero-order valence-electron chi connectivity index (χ0n) is 15.8. The number of aromatic nitrogens is 6. The highest BCUT2D eigenvalue weighted by molar-refractivity contribution is 7.90. The SMILES string of the molecule is CCS(=O)(=O)n1ccc2ccc(-c3cncc4[nH]c(-c5cc(C)[nH]n5)nc34)cc21. The van der Waals surface area contributed by atoms with Crippen molar-refractivity contribution in [2.24, 2.45) is 0 Å². The Morgan fingerprint density at radius 1 is 1.14 bits per heavy atom. The second kappa shape index (κ2) is 6.28. The molecule has 5 aromatic rings. The monoisotopic (exact) mass is 406 g/mol. The maximum absolute atomic E-state index is 12.4. The summed E-state index contributed by atoms with van der Waals surface area (Å²) < 4.78 is 26.2. The molecule has 4 aromatic heterocycles. The zero-order chi connectivity index (χ0) is 20.2. The van der Waals surface area contributed by atoms with E-state index in [0.717, 1.165) is 38.9 Å². The van der Waals surface area contributed by atoms with Crippen molar-refractivity contribution in [3.8, 4) is 22.6 Å². The third-order valence-electron chi connectivity index (χ3n) is 4.98. The van der Waals surface area contributed by atoms with Crippen LogP contribution >= 0.6 is 0 Å². The third-order valence-corrected chi connectivity index (χ3v) is 6.62. The highest BCUT2D eigenvalue weighted by atomic mass is 32.2. The van der Waals surface area contributed by atoms with Crippen molar-refractivity contribution in [3.05, 3.63) is 54.6 Å². The fraction of sp³-hybridized carbons (Fsp3) is 0.150. The van der Waals surface area contributed by atoms with Gasteiger partial charge in [0.15, 0.2) is 5.82 Å². The van der Waals surface area contributed by atoms with E-state index in [2.05, 4.69) is 20.2 Å². The van der Waals surface area contributed by atoms with Gasteiger partial charge >= 0.3 is 0 Å². The van der Waals surface area contributed by atoms with E-state index in [1.54, 1.807) is 31.6 Å². The largest absolute Gasteiger partial charge is 0.335 e. The van der Waals surface area contributed by atoms with Crippen LogP contribution in [0.4, 0.5) is 0 Å². The van der Waals surface area contributed by atoms with Crippen molar-refractivity contribution in [3.63, 3.8) is 0 Å². The smallest absolute Gasteiger partial charge is 0.238 e. The minimum Gasteiger partial charge on any atom is -0.335 e. The van der Waals surface area contributed by atoms with E-state index in [1.807, 2.05) is 31.2 Å². The maximum atomic E-state index is 12.4. The molecule has 0 fully saturated rings. The van der Waals surface area contributed by atoms with Gasteiger partial charge in [-0.2, -0.15) is 5.10 Å². The molecule has 29 heavy (non-hydrogen) atoms. The number of benzene rings is 1. The summed E-state index contributed by atoms with van der Waals surface area (Å²) in [5, 5.41) is 8.03. The van der Waals surface area contributed by atoms with E-state index in [0.29, 0.717) is 11.3 Å². The summed E-state index contributed by atoms with van der Waals surface area (Å²) in [6.45, 7) is 3.57. The Hall–Kier alpha value is -3.46. The average molecular weight is 406 g/mol. The maximum Gasteiger partial charge on any atom is 0.238 e. The van der Waals surface area contributed by atoms with E-state index in [9.17, 15) is 8.42 Å². The fourth-order valence-electron chi connectivity index (χ4n) is 3.46. The summed E-state index contributed by atoms with van der Waals surface area (Å²) in [6.07, 6.45) is 5.06. The minimum absolute atomic E-state index is 0.0317. The van der Waals surface area contributed by atoms with Crippen LogP contribution in [-0.2, 0) is 10.0 Å². The Balaban J connectivity index is 1.70. The topological polar surface area (TPSA) is 109 Å². The quantitative estimate of drug-likeness (QED) is 0.475. The second-order valence-electron chi connectivity index (χ2n) is 6.89. The fourth-order valence-corrected chi connectivity index (χ4v) is 4.44. The van der Waals surface area contributed by atoms with E-state index >= 15 is 0 Å². The zero-order valence-corrected chi connectivity index (χ0v) is 16.7. The first kappa shape index (κ1) is 17.6. The van der Waals surface area contributed by atoms with E-state index in [1.165, 1.54) is 3.97 Å². The molecule has 0 amide bonds. The molecule has 0 aliphatic heterocycles. The van der Waals surface area contributed by atoms with Crippen LogP contribution in [0.5, 0.6) is 0 Å². The van der Waals surface area contributed by atoms with Crippen LogP contribution in [0.15, 0.2) is 48.9 Å². The van der Waals surface area contributed by atoms with Crippen LogP contribution in [0, 0.1) is 6.92 Å². The molecule has 0 saturated heterocycles. The van der Waals surface area contributed by atoms with Crippen molar-refractivity contribution in [1.82, 2.24) is 29.1 Å². The number of rotatable bonds is 4. The normalized spacial score (nSPS) is 12.2. The van der Waals surface area contributed by atoms with Gasteiger partial charge < -0.3 is 4.98 Å². The number of hydrogen-bond donors (Lipinski definition) is 2. The average Bonchev–Trinajstić information content (AvgIpc) is 3.44. The number of aromatic amines is 2. The van der Waals surface area contributed by atoms with Gasteiger partial charge in [-0.25, -0.2) is 17.4 Å². The summed E-state index contributed by atoms with van der Waals surface area (Å²) in [7, 11) is -3.38. The minimum atomic E-state index is -3.38. The summed E-state index contributed by atoms with van der Waals surface area (Å²) >= 11 is 0. The molecule has 0 aliphatic carbocycles. The third kappa shape index (κ3) is 2.82. The number of imidazole rings is 1. The summed E-state index contributed by atoms with van der Waals surface area (Å²) in [4.78, 5) is 12.3. The molecular formula is C20H18N6O2S. The van der Waals surface area contributed by atoms with Gasteiger partial charge in [0.25, 0.3) is 0 Å². The molecule has 8 nitrogen and oxygen atoms in total. The van der Waals surface area contributed by atoms with Gasteiger partial charge in [0, 0.05) is 29.0 Å². The van der Waals surface area contributed by atoms with Crippen molar-refractivity contribution < 1.29 is 8.42 Å². The molecule has 0 aliphatic rings. The van der Waals surface area contributed by atoms with Crippen molar-refractivity contribution in [1.29, 1.82) is 0 Å². The van der Waals surface area contributed by atoms with Crippen molar-refractivity contribution in [2.45, 2.75) is 13.8 Å². The van der Waals surface area contributed by atoms with Gasteiger partial charge in [-0.3, -0.25) is 10.1 Å². The lowest BCUT2D eigenvalue weighted by atomic mass is 10.1. The Morgan fingerprint density at radius 2 is 2.00 bits per heavy atom. The van der Waals surface area contributed by atoms with Crippen LogP contribution in [0.1, 0.15) is 12.6 Å². The first-order valence-electron chi connectivity index (χ1n) is 9.17. The molecule has 146 valence electrons. The van der Waals surface area contributed by atoms with Crippen molar-refractivity contribution >= 4 is 32.0 Å². The number of nitrogens with one attached hydrogen (secondary N) is 2. The second-order valence-corrected chi connectivity index (χ2v) is 9.03. The van der Waals surface area contributed by atoms with E-state index in [4.69, 9.17) is 4.98 Å². The van der Waals surface area contributed by atoms with E-state index in [-0.39, 0.29) is 5.75 Å². The summed E-state index contributed by atoms with van der Waals surface area (Å²) in [5.41, 5.74) is 5.52. The molecule has 5 rings (SSSR count). The molecule has 1 aromatic carbocycles. The number of nitrogens with zero attached hydrogens (tertiary/aromatic N) is 4. The van der Waals surface area contributed by atoms with Crippen LogP contribution in [0.25, 0.3) is 44.6 Å². The van der Waals surface area contributed by atoms with Gasteiger partial charge in [-0.05, 0) is 37.6 Å². The van der Waals surface area contributed by atoms with Gasteiger partial charge in [-0.15, -0.1) is 0 Å². The Morgan fingerprint density at radius 3 is 2.76 bits per heavy atom. The molecule has 0 spiro atoms. The molecular weight excluding hydrogens is 388 g/mol. The highest BCUT2D eigenvalue weighted by Crippen LogP contribution is 2.31. The van der Waals surface area contributed by atoms with Gasteiger partial charge in [-0.1, -0.05) is 12.1 Å². The number of aryl methyl sites for hydroxylation is 1. The predicted octanol–water partition coefficient (Wildman–Crippen LogP) is 3.48. The summed E-state index contributed by atoms with van der Waals surface area (Å²) in [5.74, 6) is 0.681. The van der Waals surface area contributed by atoms with Crippen LogP contribution in [-0.4, -0.2) is 43.3 Å². The Kier molecular flexibility index (Phi) is 3.82. The van der Waals surface area contributed by atoms with Crippen molar-refractivity contribution in [2.75, 3.05) is 5.75 Å². The molecule has 2 N–H and O–H groups in total. The Labute approximate surface area is 166 Å². The number of hydrogen-bond acceptors (Lipinski definition) is 5.